The van der Waals surface area contributed by atoms with Gasteiger partial charge in [-0.2, -0.15) is 0 Å². The average Bonchev–Trinajstić information content (AvgIpc) is 4.44. The minimum Gasteiger partial charge on any atom is -0.459 e. The summed E-state index contributed by atoms with van der Waals surface area (Å²) < 4.78 is 15.3. The van der Waals surface area contributed by atoms with E-state index in [9.17, 15) is 19.2 Å². The fourth-order valence-electron chi connectivity index (χ4n) is 11.3. The summed E-state index contributed by atoms with van der Waals surface area (Å²) >= 11 is 5.41. The summed E-state index contributed by atoms with van der Waals surface area (Å²) in [5.74, 6) is -3.13. The molecule has 0 spiro atoms. The van der Waals surface area contributed by atoms with Crippen LogP contribution in [-0.4, -0.2) is 35.1 Å². The van der Waals surface area contributed by atoms with E-state index in [1.54, 1.807) is 36.4 Å². The van der Waals surface area contributed by atoms with Gasteiger partial charge in [-0.05, 0) is 127 Å². The molecule has 12 aromatic rings. The molecule has 0 radical (unpaired) electrons. The highest BCUT2D eigenvalue weighted by Gasteiger charge is 2.62. The lowest BCUT2D eigenvalue weighted by molar-refractivity contribution is -0.164. The number of benzene rings is 8. The van der Waals surface area contributed by atoms with E-state index in [0.717, 1.165) is 52.5 Å². The molecule has 0 saturated carbocycles. The lowest BCUT2D eigenvalue weighted by atomic mass is 9.79. The van der Waals surface area contributed by atoms with Crippen LogP contribution < -0.4 is 0 Å². The van der Waals surface area contributed by atoms with E-state index in [1.165, 1.54) is 45.3 Å². The number of ether oxygens (including phenoxy) is 2. The molecule has 8 aromatic carbocycles. The van der Waals surface area contributed by atoms with Crippen molar-refractivity contribution in [3.05, 3.63) is 235 Å². The van der Waals surface area contributed by atoms with Crippen LogP contribution in [-0.2, 0) is 37.7 Å². The van der Waals surface area contributed by atoms with E-state index < -0.39 is 17.4 Å². The van der Waals surface area contributed by atoms with Gasteiger partial charge in [0.25, 0.3) is 0 Å². The van der Waals surface area contributed by atoms with Crippen molar-refractivity contribution in [1.82, 2.24) is 0 Å². The number of esters is 2. The molecule has 366 valence electrons. The Hall–Kier alpha value is -8.78. The molecular weight excluding hydrogens is 1040 g/mol. The van der Waals surface area contributed by atoms with Gasteiger partial charge >= 0.3 is 11.9 Å². The van der Waals surface area contributed by atoms with Crippen LogP contribution in [0.25, 0.3) is 83.8 Å². The second kappa shape index (κ2) is 17.1. The number of hydrogen-bond acceptors (Lipinski definition) is 12. The zero-order valence-corrected chi connectivity index (χ0v) is 43.4. The summed E-state index contributed by atoms with van der Waals surface area (Å²) in [5, 5.41) is 7.55. The first-order valence-corrected chi connectivity index (χ1v) is 28.0. The van der Waals surface area contributed by atoms with Crippen LogP contribution in [0.15, 0.2) is 181 Å². The number of hydrogen-bond donors (Lipinski definition) is 0. The van der Waals surface area contributed by atoms with Crippen LogP contribution in [0.5, 0.6) is 0 Å². The second-order valence-corrected chi connectivity index (χ2v) is 23.8. The summed E-state index contributed by atoms with van der Waals surface area (Å²) in [6.45, 7) is -0.262. The van der Waals surface area contributed by atoms with Crippen LogP contribution in [0, 0.1) is 0 Å². The van der Waals surface area contributed by atoms with Crippen LogP contribution in [0.1, 0.15) is 73.4 Å². The Labute approximate surface area is 453 Å². The van der Waals surface area contributed by atoms with Crippen molar-refractivity contribution < 1.29 is 38.2 Å². The zero-order chi connectivity index (χ0) is 51.8. The monoisotopic (exact) mass is 1070 g/mol. The minimum absolute atomic E-state index is 0.0337. The predicted molar refractivity (Wildman–Crippen MR) is 308 cm³/mol. The van der Waals surface area contributed by atoms with Gasteiger partial charge in [-0.1, -0.05) is 109 Å². The third-order valence-electron chi connectivity index (χ3n) is 15.0. The zero-order valence-electron chi connectivity index (χ0n) is 40.1. The third-order valence-corrected chi connectivity index (χ3v) is 19.9. The van der Waals surface area contributed by atoms with Crippen molar-refractivity contribution >= 4 is 154 Å². The molecule has 12 heteroatoms. The molecule has 4 aromatic heterocycles. The standard InChI is InChI=1S/C65H34O8S4/c66-55-45-23-39-19-35-15-7-8-16-36(35)20-40(39)24-46(45)56(67)49(55)27-43-29-51-59(74-43)53-61(76-51)62-54(65(53,63(70)72-31-33-11-3-1-4-12-33)64(71)73-32-34-13-5-2-6-14-34)60-52(77-62)30-44(75-60)28-50-57(68)47-25-41-21-37-17-9-10-18-38(37)22-42(41)26-48(47)58(50)69/h1-30H,31-32H2. The number of thiophene rings is 4. The first kappa shape index (κ1) is 45.6. The smallest absolute Gasteiger partial charge is 0.333 e. The molecule has 3 aliphatic rings. The fraction of sp³-hybridized carbons (Fsp3) is 0.0462. The van der Waals surface area contributed by atoms with Crippen molar-refractivity contribution in [2.24, 2.45) is 0 Å². The number of ketones is 4. The Morgan fingerprint density at radius 3 is 1.05 bits per heavy atom. The average molecular weight is 1070 g/mol. The number of carbonyl (C=O) groups is 6. The van der Waals surface area contributed by atoms with E-state index in [-0.39, 0.29) is 47.5 Å². The van der Waals surface area contributed by atoms with Gasteiger partial charge in [-0.3, -0.25) is 28.8 Å². The highest BCUT2D eigenvalue weighted by atomic mass is 32.1. The quantitative estimate of drug-likeness (QED) is 0.0485. The van der Waals surface area contributed by atoms with Crippen molar-refractivity contribution in [1.29, 1.82) is 0 Å². The molecule has 0 amide bonds. The molecular formula is C65H34O8S4. The van der Waals surface area contributed by atoms with Gasteiger partial charge < -0.3 is 9.47 Å². The molecule has 0 bridgehead atoms. The van der Waals surface area contributed by atoms with E-state index in [0.29, 0.717) is 73.4 Å². The van der Waals surface area contributed by atoms with Crippen LogP contribution >= 0.6 is 45.3 Å². The molecule has 77 heavy (non-hydrogen) atoms. The topological polar surface area (TPSA) is 121 Å². The molecule has 0 unspecified atom stereocenters. The maximum atomic E-state index is 15.6. The maximum absolute atomic E-state index is 15.6. The van der Waals surface area contributed by atoms with Gasteiger partial charge in [0.05, 0.1) is 30.3 Å². The highest BCUT2D eigenvalue weighted by molar-refractivity contribution is 7.35. The van der Waals surface area contributed by atoms with Gasteiger partial charge in [0.2, 0.25) is 5.41 Å². The van der Waals surface area contributed by atoms with Crippen molar-refractivity contribution in [3.63, 3.8) is 0 Å². The summed E-state index contributed by atoms with van der Waals surface area (Å²) in [5.41, 5.74) is 1.57. The minimum atomic E-state index is -2.15. The summed E-state index contributed by atoms with van der Waals surface area (Å²) in [7, 11) is 0. The first-order chi connectivity index (χ1) is 37.6. The lowest BCUT2D eigenvalue weighted by Crippen LogP contribution is -2.45. The first-order valence-electron chi connectivity index (χ1n) is 24.7. The molecule has 15 rings (SSSR count). The second-order valence-electron chi connectivity index (χ2n) is 19.5. The molecule has 3 aliphatic carbocycles. The Kier molecular flexibility index (Phi) is 10.1. The highest BCUT2D eigenvalue weighted by Crippen LogP contribution is 2.63. The summed E-state index contributed by atoms with van der Waals surface area (Å²) in [6.07, 6.45) is 3.24. The molecule has 4 heterocycles. The number of allylic oxidation sites excluding steroid dienone is 2. The van der Waals surface area contributed by atoms with Crippen LogP contribution in [0.4, 0.5) is 0 Å². The molecule has 8 nitrogen and oxygen atoms in total. The number of carbonyl (C=O) groups excluding carboxylic acids is 6. The summed E-state index contributed by atoms with van der Waals surface area (Å²) in [4.78, 5) is 90.7. The Morgan fingerprint density at radius 1 is 0.390 bits per heavy atom. The van der Waals surface area contributed by atoms with E-state index in [2.05, 4.69) is 0 Å². The molecule has 0 atom stereocenters. The van der Waals surface area contributed by atoms with Crippen molar-refractivity contribution in [2.75, 3.05) is 0 Å². The molecule has 0 aliphatic heterocycles. The van der Waals surface area contributed by atoms with E-state index in [4.69, 9.17) is 9.47 Å². The lowest BCUT2D eigenvalue weighted by Gasteiger charge is -2.27. The Morgan fingerprint density at radius 2 is 0.714 bits per heavy atom. The molecule has 0 saturated heterocycles. The predicted octanol–water partition coefficient (Wildman–Crippen LogP) is 15.5. The Bertz CT molecular complexity index is 4300. The number of rotatable bonds is 8. The van der Waals surface area contributed by atoms with Crippen molar-refractivity contribution in [3.8, 4) is 9.75 Å². The SMILES string of the molecule is O=C1C(=Cc2cc3sc4c(c3s2)C(C(=O)OCc2ccccc2)(C(=O)OCc2ccccc2)c2c-4sc3cc(C=C4C(=O)c5cc6cc7ccccc7cc6cc5C4=O)sc23)C(=O)c2cc3cc4ccccc4cc3cc21. The fourth-order valence-corrected chi connectivity index (χ4v) is 16.8. The summed E-state index contributed by atoms with van der Waals surface area (Å²) in [6, 6.07) is 53.5. The van der Waals surface area contributed by atoms with Crippen LogP contribution in [0.3, 0.4) is 0 Å². The van der Waals surface area contributed by atoms with E-state index in [1.807, 2.05) is 146 Å². The van der Waals surface area contributed by atoms with Gasteiger partial charge in [0.1, 0.15) is 13.2 Å². The third kappa shape index (κ3) is 6.92. The molecule has 0 N–H and O–H groups in total. The normalized spacial score (nSPS) is 14.3. The number of fused-ring (bicyclic) bond motifs is 13. The maximum Gasteiger partial charge on any atom is 0.333 e. The van der Waals surface area contributed by atoms with Gasteiger partial charge in [-0.15, -0.1) is 45.3 Å². The van der Waals surface area contributed by atoms with Gasteiger partial charge in [0, 0.05) is 52.5 Å². The van der Waals surface area contributed by atoms with Gasteiger partial charge in [0.15, 0.2) is 23.1 Å². The van der Waals surface area contributed by atoms with Gasteiger partial charge in [-0.25, -0.2) is 0 Å². The largest absolute Gasteiger partial charge is 0.459 e. The van der Waals surface area contributed by atoms with Crippen LogP contribution in [0.2, 0.25) is 0 Å². The van der Waals surface area contributed by atoms with E-state index >= 15 is 9.59 Å². The number of Topliss-reactive ketones (excluding diaryl/α,β-unsaturated/α-hetero) is 4. The van der Waals surface area contributed by atoms with Crippen molar-refractivity contribution in [2.45, 2.75) is 18.6 Å². The Balaban J connectivity index is 0.866. The molecule has 0 fully saturated rings.